The predicted molar refractivity (Wildman–Crippen MR) is 85.9 cm³/mol. The lowest BCUT2D eigenvalue weighted by molar-refractivity contribution is -0.0172. The highest BCUT2D eigenvalue weighted by Crippen LogP contribution is 2.41. The lowest BCUT2D eigenvalue weighted by Gasteiger charge is -2.42. The summed E-state index contributed by atoms with van der Waals surface area (Å²) in [5.74, 6) is 0. The molecule has 1 atom stereocenters. The van der Waals surface area contributed by atoms with Crippen molar-refractivity contribution in [2.24, 2.45) is 0 Å². The van der Waals surface area contributed by atoms with Crippen LogP contribution in [0.3, 0.4) is 0 Å². The van der Waals surface area contributed by atoms with E-state index in [9.17, 15) is 5.11 Å². The summed E-state index contributed by atoms with van der Waals surface area (Å²) in [7, 11) is 0. The summed E-state index contributed by atoms with van der Waals surface area (Å²) in [5, 5.41) is 10.9. The second kappa shape index (κ2) is 6.17. The second-order valence-electron chi connectivity index (χ2n) is 6.35. The van der Waals surface area contributed by atoms with Crippen LogP contribution in [0.5, 0.6) is 0 Å². The van der Waals surface area contributed by atoms with Crippen LogP contribution in [0.2, 0.25) is 0 Å². The van der Waals surface area contributed by atoms with Gasteiger partial charge < -0.3 is 5.11 Å². The van der Waals surface area contributed by atoms with Gasteiger partial charge in [0.05, 0.1) is 6.10 Å². The number of aliphatic hydroxyl groups is 1. The Hall–Kier alpha value is -0.380. The molecule has 1 saturated heterocycles. The molecule has 1 N–H and O–H groups in total. The summed E-state index contributed by atoms with van der Waals surface area (Å²) in [5.41, 5.74) is 1.29. The topological polar surface area (TPSA) is 23.5 Å². The van der Waals surface area contributed by atoms with Crippen LogP contribution >= 0.6 is 15.9 Å². The molecule has 0 aromatic heterocycles. The molecule has 1 saturated carbocycles. The maximum Gasteiger partial charge on any atom is 0.0764 e. The summed E-state index contributed by atoms with van der Waals surface area (Å²) in [6.07, 6.45) is 8.01. The molecule has 20 heavy (non-hydrogen) atoms. The molecule has 1 aliphatic carbocycles. The highest BCUT2D eigenvalue weighted by molar-refractivity contribution is 9.10. The zero-order valence-corrected chi connectivity index (χ0v) is 13.6. The van der Waals surface area contributed by atoms with E-state index in [0.29, 0.717) is 0 Å². The summed E-state index contributed by atoms with van der Waals surface area (Å²) in [4.78, 5) is 2.59. The van der Waals surface area contributed by atoms with E-state index in [2.05, 4.69) is 39.0 Å². The Morgan fingerprint density at radius 3 is 2.50 bits per heavy atom. The number of aliphatic hydroxyl groups excluding tert-OH is 1. The molecule has 2 fully saturated rings. The summed E-state index contributed by atoms with van der Waals surface area (Å²) in [6, 6.07) is 8.36. The third-order valence-electron chi connectivity index (χ3n) is 5.14. The molecule has 0 amide bonds. The Morgan fingerprint density at radius 1 is 1.15 bits per heavy atom. The summed E-state index contributed by atoms with van der Waals surface area (Å²) in [6.45, 7) is 2.35. The normalized spacial score (nSPS) is 24.1. The molecule has 1 heterocycles. The standard InChI is InChI=1S/C17H24BrNO/c18-15-7-5-6-14(12-15)13-16(20)17(8-1-2-9-17)19-10-3-4-11-19/h5-7,12,16,20H,1-4,8-11,13H2. The first kappa shape index (κ1) is 14.6. The fourth-order valence-corrected chi connectivity index (χ4v) is 4.53. The van der Waals surface area contributed by atoms with Crippen LogP contribution in [-0.2, 0) is 6.42 Å². The van der Waals surface area contributed by atoms with E-state index in [-0.39, 0.29) is 11.6 Å². The van der Waals surface area contributed by atoms with E-state index in [1.807, 2.05) is 6.07 Å². The molecule has 0 bridgehead atoms. The molecular formula is C17H24BrNO. The Morgan fingerprint density at radius 2 is 1.85 bits per heavy atom. The Bertz CT molecular complexity index is 450. The molecule has 0 radical (unpaired) electrons. The molecule has 0 spiro atoms. The van der Waals surface area contributed by atoms with Gasteiger partial charge in [0, 0.05) is 16.4 Å². The number of benzene rings is 1. The zero-order chi connectivity index (χ0) is 14.0. The number of hydrogen-bond donors (Lipinski definition) is 1. The molecule has 2 aliphatic rings. The Kier molecular flexibility index (Phi) is 4.49. The lowest BCUT2D eigenvalue weighted by Crippen LogP contribution is -2.54. The first-order chi connectivity index (χ1) is 9.71. The van der Waals surface area contributed by atoms with Gasteiger partial charge >= 0.3 is 0 Å². The van der Waals surface area contributed by atoms with Crippen LogP contribution in [0, 0.1) is 0 Å². The first-order valence-electron chi connectivity index (χ1n) is 7.88. The van der Waals surface area contributed by atoms with Crippen LogP contribution in [-0.4, -0.2) is 34.7 Å². The number of likely N-dealkylation sites (tertiary alicyclic amines) is 1. The number of nitrogens with zero attached hydrogens (tertiary/aromatic N) is 1. The maximum atomic E-state index is 10.9. The van der Waals surface area contributed by atoms with Gasteiger partial charge in [-0.2, -0.15) is 0 Å². The van der Waals surface area contributed by atoms with Crippen molar-refractivity contribution in [1.29, 1.82) is 0 Å². The average Bonchev–Trinajstić information content (AvgIpc) is 3.11. The molecule has 3 heteroatoms. The van der Waals surface area contributed by atoms with Gasteiger partial charge in [-0.1, -0.05) is 40.9 Å². The monoisotopic (exact) mass is 337 g/mol. The minimum Gasteiger partial charge on any atom is -0.391 e. The Labute approximate surface area is 130 Å². The molecule has 1 unspecified atom stereocenters. The SMILES string of the molecule is OC(Cc1cccc(Br)c1)C1(N2CCCC2)CCCC1. The molecule has 2 nitrogen and oxygen atoms in total. The Balaban J connectivity index is 1.77. The van der Waals surface area contributed by atoms with Gasteiger partial charge in [-0.25, -0.2) is 0 Å². The predicted octanol–water partition coefficient (Wildman–Crippen LogP) is 3.76. The largest absolute Gasteiger partial charge is 0.391 e. The fourth-order valence-electron chi connectivity index (χ4n) is 4.09. The molecule has 3 rings (SSSR count). The van der Waals surface area contributed by atoms with Gasteiger partial charge in [-0.15, -0.1) is 0 Å². The van der Waals surface area contributed by atoms with Crippen molar-refractivity contribution in [2.45, 2.75) is 56.6 Å². The van der Waals surface area contributed by atoms with Crippen molar-refractivity contribution >= 4 is 15.9 Å². The van der Waals surface area contributed by atoms with Gasteiger partial charge in [-0.05, 0) is 56.5 Å². The second-order valence-corrected chi connectivity index (χ2v) is 7.27. The van der Waals surface area contributed by atoms with Gasteiger partial charge in [0.25, 0.3) is 0 Å². The molecular weight excluding hydrogens is 314 g/mol. The minimum atomic E-state index is -0.239. The van der Waals surface area contributed by atoms with Crippen molar-refractivity contribution in [3.05, 3.63) is 34.3 Å². The van der Waals surface area contributed by atoms with Crippen molar-refractivity contribution in [3.63, 3.8) is 0 Å². The van der Waals surface area contributed by atoms with E-state index in [1.165, 1.54) is 57.2 Å². The summed E-state index contributed by atoms with van der Waals surface area (Å²) >= 11 is 3.52. The van der Waals surface area contributed by atoms with Crippen molar-refractivity contribution in [3.8, 4) is 0 Å². The zero-order valence-electron chi connectivity index (χ0n) is 12.0. The van der Waals surface area contributed by atoms with Crippen LogP contribution in [0.4, 0.5) is 0 Å². The highest BCUT2D eigenvalue weighted by atomic mass is 79.9. The van der Waals surface area contributed by atoms with Crippen LogP contribution < -0.4 is 0 Å². The van der Waals surface area contributed by atoms with Gasteiger partial charge in [-0.3, -0.25) is 4.90 Å². The van der Waals surface area contributed by atoms with E-state index < -0.39 is 0 Å². The smallest absolute Gasteiger partial charge is 0.0764 e. The van der Waals surface area contributed by atoms with Crippen molar-refractivity contribution in [2.75, 3.05) is 13.1 Å². The molecule has 1 aromatic carbocycles. The molecule has 1 aliphatic heterocycles. The molecule has 1 aromatic rings. The van der Waals surface area contributed by atoms with E-state index in [1.54, 1.807) is 0 Å². The lowest BCUT2D eigenvalue weighted by atomic mass is 9.85. The third kappa shape index (κ3) is 2.81. The van der Waals surface area contributed by atoms with Crippen LogP contribution in [0.15, 0.2) is 28.7 Å². The van der Waals surface area contributed by atoms with Crippen molar-refractivity contribution < 1.29 is 5.11 Å². The number of halogens is 1. The van der Waals surface area contributed by atoms with E-state index in [0.717, 1.165) is 10.9 Å². The fraction of sp³-hybridized carbons (Fsp3) is 0.647. The van der Waals surface area contributed by atoms with Crippen molar-refractivity contribution in [1.82, 2.24) is 4.90 Å². The maximum absolute atomic E-state index is 10.9. The van der Waals surface area contributed by atoms with Gasteiger partial charge in [0.1, 0.15) is 0 Å². The van der Waals surface area contributed by atoms with Gasteiger partial charge in [0.2, 0.25) is 0 Å². The van der Waals surface area contributed by atoms with E-state index in [4.69, 9.17) is 0 Å². The number of hydrogen-bond acceptors (Lipinski definition) is 2. The van der Waals surface area contributed by atoms with E-state index >= 15 is 0 Å². The first-order valence-corrected chi connectivity index (χ1v) is 8.68. The van der Waals surface area contributed by atoms with Gasteiger partial charge in [0.15, 0.2) is 0 Å². The highest BCUT2D eigenvalue weighted by Gasteiger charge is 2.45. The van der Waals surface area contributed by atoms with Crippen LogP contribution in [0.1, 0.15) is 44.1 Å². The average molecular weight is 338 g/mol. The quantitative estimate of drug-likeness (QED) is 0.904. The summed E-state index contributed by atoms with van der Waals surface area (Å²) < 4.78 is 1.10. The molecule has 110 valence electrons. The van der Waals surface area contributed by atoms with Crippen LogP contribution in [0.25, 0.3) is 0 Å². The number of rotatable bonds is 4. The third-order valence-corrected chi connectivity index (χ3v) is 5.64. The minimum absolute atomic E-state index is 0.0544.